The van der Waals surface area contributed by atoms with Crippen LogP contribution in [0.1, 0.15) is 27.0 Å². The Balaban J connectivity index is 1.45. The minimum atomic E-state index is -3.78. The second-order valence-electron chi connectivity index (χ2n) is 8.04. The number of nitrogens with zero attached hydrogens (tertiary/aromatic N) is 7. The number of nitrogens with two attached hydrogens (primary N) is 1. The molecule has 17 heteroatoms. The van der Waals surface area contributed by atoms with Gasteiger partial charge < -0.3 is 24.7 Å². The molecule has 5 heterocycles. The van der Waals surface area contributed by atoms with E-state index in [-0.39, 0.29) is 31.3 Å². The SMILES string of the molecule is CCOc1nc(N)nc2c1ncn2[C@@H]1O[C@@H]2COP(=O)(NCC3OC(C)O3)O[C@H]2[C@@]1(C)N=[N+]=[N-]. The molecule has 5 rings (SSSR count). The number of nitrogens with one attached hydrogen (secondary N) is 1. The summed E-state index contributed by atoms with van der Waals surface area (Å²) in [6.45, 7) is 5.55. The van der Waals surface area contributed by atoms with Gasteiger partial charge >= 0.3 is 7.75 Å². The number of anilines is 1. The van der Waals surface area contributed by atoms with Gasteiger partial charge in [-0.15, -0.1) is 0 Å². The monoisotopic (exact) mass is 497 g/mol. The van der Waals surface area contributed by atoms with E-state index in [1.807, 2.05) is 0 Å². The number of nitrogen functional groups attached to an aromatic ring is 1. The van der Waals surface area contributed by atoms with Crippen LogP contribution in [-0.4, -0.2) is 69.6 Å². The molecule has 1 unspecified atom stereocenters. The lowest BCUT2D eigenvalue weighted by atomic mass is 9.93. The summed E-state index contributed by atoms with van der Waals surface area (Å²) in [5.41, 5.74) is 14.5. The summed E-state index contributed by atoms with van der Waals surface area (Å²) >= 11 is 0. The summed E-state index contributed by atoms with van der Waals surface area (Å²) in [5.74, 6) is 0.189. The van der Waals surface area contributed by atoms with Gasteiger partial charge in [0.05, 0.1) is 26.1 Å². The molecule has 0 bridgehead atoms. The molecule has 3 aliphatic heterocycles. The average molecular weight is 497 g/mol. The van der Waals surface area contributed by atoms with Gasteiger partial charge in [-0.25, -0.2) is 14.6 Å². The molecule has 34 heavy (non-hydrogen) atoms. The fourth-order valence-electron chi connectivity index (χ4n) is 4.21. The van der Waals surface area contributed by atoms with Crippen molar-refractivity contribution in [2.45, 2.75) is 57.3 Å². The smallest absolute Gasteiger partial charge is 0.406 e. The zero-order valence-corrected chi connectivity index (χ0v) is 19.5. The summed E-state index contributed by atoms with van der Waals surface area (Å²) in [5, 5.41) is 6.70. The fourth-order valence-corrected chi connectivity index (χ4v) is 5.80. The Morgan fingerprint density at radius 1 is 1.44 bits per heavy atom. The van der Waals surface area contributed by atoms with Crippen LogP contribution < -0.4 is 15.6 Å². The lowest BCUT2D eigenvalue weighted by molar-refractivity contribution is -0.371. The average Bonchev–Trinajstić information content (AvgIpc) is 3.30. The highest BCUT2D eigenvalue weighted by molar-refractivity contribution is 7.51. The van der Waals surface area contributed by atoms with Crippen LogP contribution in [0.4, 0.5) is 5.95 Å². The van der Waals surface area contributed by atoms with Gasteiger partial charge in [-0.2, -0.15) is 9.97 Å². The van der Waals surface area contributed by atoms with E-state index in [4.69, 9.17) is 33.7 Å². The van der Waals surface area contributed by atoms with Gasteiger partial charge in [0, 0.05) is 4.91 Å². The second kappa shape index (κ2) is 8.59. The van der Waals surface area contributed by atoms with E-state index in [9.17, 15) is 10.1 Å². The lowest BCUT2D eigenvalue weighted by Crippen LogP contribution is -2.49. The van der Waals surface area contributed by atoms with Gasteiger partial charge in [0.15, 0.2) is 30.0 Å². The van der Waals surface area contributed by atoms with Gasteiger partial charge in [0.2, 0.25) is 11.8 Å². The van der Waals surface area contributed by atoms with Crippen molar-refractivity contribution in [3.8, 4) is 5.88 Å². The van der Waals surface area contributed by atoms with E-state index in [0.717, 1.165) is 0 Å². The van der Waals surface area contributed by atoms with Crippen molar-refractivity contribution >= 4 is 24.9 Å². The van der Waals surface area contributed by atoms with Crippen LogP contribution >= 0.6 is 7.75 Å². The normalized spacial score (nSPS) is 37.1. The standard InChI is InChI=1S/C17H24N9O7P/c1-4-28-14-11-13(22-16(18)23-14)26(7-20-11)15-17(3,24-25-19)12-9(32-15)6-29-34(27,33-12)21-5-10-30-8(2)31-10/h7-10,12,15H,4-6H2,1-3H3,(H,21,27)(H2,18,22,23)/t8?,9-,10?,12-,15-,17-,34?/m1/s1. The predicted molar refractivity (Wildman–Crippen MR) is 114 cm³/mol. The molecule has 5 atom stereocenters. The van der Waals surface area contributed by atoms with Crippen molar-refractivity contribution < 1.29 is 32.6 Å². The molecule has 0 aromatic carbocycles. The van der Waals surface area contributed by atoms with E-state index < -0.39 is 38.0 Å². The quantitative estimate of drug-likeness (QED) is 0.242. The van der Waals surface area contributed by atoms with Gasteiger partial charge in [-0.05, 0) is 26.3 Å². The zero-order valence-electron chi connectivity index (χ0n) is 18.6. The van der Waals surface area contributed by atoms with Crippen LogP contribution in [0.5, 0.6) is 5.88 Å². The number of rotatable bonds is 7. The first-order valence-electron chi connectivity index (χ1n) is 10.6. The molecular formula is C17H24N9O7P. The van der Waals surface area contributed by atoms with Crippen molar-refractivity contribution in [3.05, 3.63) is 16.8 Å². The number of fused-ring (bicyclic) bond motifs is 2. The molecule has 0 aliphatic carbocycles. The Labute approximate surface area is 193 Å². The maximum atomic E-state index is 13.2. The van der Waals surface area contributed by atoms with E-state index in [2.05, 4.69) is 30.1 Å². The Bertz CT molecular complexity index is 1180. The van der Waals surface area contributed by atoms with Gasteiger partial charge in [0.25, 0.3) is 0 Å². The van der Waals surface area contributed by atoms with Crippen LogP contribution in [0, 0.1) is 0 Å². The Morgan fingerprint density at radius 2 is 2.24 bits per heavy atom. The molecule has 2 aromatic heterocycles. The molecule has 3 aliphatic rings. The maximum Gasteiger partial charge on any atom is 0.406 e. The number of hydrogen-bond donors (Lipinski definition) is 2. The first-order valence-corrected chi connectivity index (χ1v) is 12.1. The van der Waals surface area contributed by atoms with Gasteiger partial charge in [0.1, 0.15) is 17.7 Å². The summed E-state index contributed by atoms with van der Waals surface area (Å²) in [6, 6.07) is 0. The van der Waals surface area contributed by atoms with Gasteiger partial charge in [-0.3, -0.25) is 13.6 Å². The van der Waals surface area contributed by atoms with Crippen molar-refractivity contribution in [3.63, 3.8) is 0 Å². The third-order valence-electron chi connectivity index (χ3n) is 5.72. The molecule has 0 saturated carbocycles. The molecule has 16 nitrogen and oxygen atoms in total. The van der Waals surface area contributed by atoms with Crippen LogP contribution in [0.3, 0.4) is 0 Å². The van der Waals surface area contributed by atoms with Crippen molar-refractivity contribution in [1.82, 2.24) is 24.6 Å². The maximum absolute atomic E-state index is 13.2. The van der Waals surface area contributed by atoms with E-state index in [1.165, 1.54) is 6.33 Å². The molecule has 0 radical (unpaired) electrons. The third kappa shape index (κ3) is 3.87. The van der Waals surface area contributed by atoms with Crippen LogP contribution in [-0.2, 0) is 27.8 Å². The highest BCUT2D eigenvalue weighted by atomic mass is 31.2. The molecule has 3 N–H and O–H groups in total. The topological polar surface area (TPSA) is 203 Å². The van der Waals surface area contributed by atoms with Crippen molar-refractivity contribution in [1.29, 1.82) is 0 Å². The van der Waals surface area contributed by atoms with Gasteiger partial charge in [-0.1, -0.05) is 5.11 Å². The molecule has 184 valence electrons. The third-order valence-corrected chi connectivity index (χ3v) is 7.28. The molecule has 3 saturated heterocycles. The predicted octanol–water partition coefficient (Wildman–Crippen LogP) is 1.61. The highest BCUT2D eigenvalue weighted by Gasteiger charge is 2.60. The molecule has 2 aromatic rings. The number of hydrogen-bond acceptors (Lipinski definition) is 12. The van der Waals surface area contributed by atoms with E-state index in [0.29, 0.717) is 17.8 Å². The highest BCUT2D eigenvalue weighted by Crippen LogP contribution is 2.57. The molecular weight excluding hydrogens is 473 g/mol. The van der Waals surface area contributed by atoms with Crippen molar-refractivity contribution in [2.75, 3.05) is 25.5 Å². The minimum Gasteiger partial charge on any atom is -0.476 e. The number of imidazole rings is 1. The van der Waals surface area contributed by atoms with Crippen LogP contribution in [0.25, 0.3) is 21.6 Å². The molecule has 0 amide bonds. The Kier molecular flexibility index (Phi) is 5.86. The van der Waals surface area contributed by atoms with Crippen molar-refractivity contribution in [2.24, 2.45) is 5.11 Å². The first-order chi connectivity index (χ1) is 16.3. The fraction of sp³-hybridized carbons (Fsp3) is 0.706. The van der Waals surface area contributed by atoms with Crippen LogP contribution in [0.15, 0.2) is 11.4 Å². The second-order valence-corrected chi connectivity index (χ2v) is 9.82. The summed E-state index contributed by atoms with van der Waals surface area (Å²) in [7, 11) is -3.78. The molecule has 3 fully saturated rings. The summed E-state index contributed by atoms with van der Waals surface area (Å²) < 4.78 is 48.5. The number of azide groups is 1. The van der Waals surface area contributed by atoms with E-state index in [1.54, 1.807) is 25.3 Å². The Hall–Kier alpha value is -2.55. The largest absolute Gasteiger partial charge is 0.476 e. The zero-order chi connectivity index (χ0) is 24.1. The summed E-state index contributed by atoms with van der Waals surface area (Å²) in [6.07, 6.45) is -1.97. The van der Waals surface area contributed by atoms with Crippen LogP contribution in [0.2, 0.25) is 0 Å². The Morgan fingerprint density at radius 3 is 2.94 bits per heavy atom. The first kappa shape index (κ1) is 23.2. The number of aromatic nitrogens is 4. The van der Waals surface area contributed by atoms with E-state index >= 15 is 0 Å². The summed E-state index contributed by atoms with van der Waals surface area (Å²) in [4.78, 5) is 15.7. The lowest BCUT2D eigenvalue weighted by Gasteiger charge is -2.38. The minimum absolute atomic E-state index is 0.0263. The molecule has 0 spiro atoms. The number of ether oxygens (including phenoxy) is 4.